The highest BCUT2D eigenvalue weighted by Gasteiger charge is 2.29. The minimum absolute atomic E-state index is 0.438. The summed E-state index contributed by atoms with van der Waals surface area (Å²) in [6.45, 7) is 14.9. The first-order valence-electron chi connectivity index (χ1n) is 8.27. The third kappa shape index (κ3) is 5.55. The molecule has 20 heavy (non-hydrogen) atoms. The standard InChI is InChI=1S/C16H32N2OS/c1-12(2)7-17-8-15-5-6-16(19-15)11-18-9-13(3)20-14(4)10-18/h12-17H,5-11H2,1-4H3. The number of rotatable bonds is 6. The first-order chi connectivity index (χ1) is 9.52. The molecule has 0 aliphatic carbocycles. The summed E-state index contributed by atoms with van der Waals surface area (Å²) in [5.41, 5.74) is 0. The van der Waals surface area contributed by atoms with Crippen LogP contribution in [-0.2, 0) is 4.74 Å². The Bertz CT molecular complexity index is 278. The highest BCUT2D eigenvalue weighted by molar-refractivity contribution is 8.00. The van der Waals surface area contributed by atoms with Crippen molar-refractivity contribution in [2.75, 3.05) is 32.7 Å². The zero-order valence-electron chi connectivity index (χ0n) is 13.6. The Morgan fingerprint density at radius 1 is 1.15 bits per heavy atom. The number of thioether (sulfide) groups is 1. The molecular weight excluding hydrogens is 268 g/mol. The summed E-state index contributed by atoms with van der Waals surface area (Å²) < 4.78 is 6.21. The van der Waals surface area contributed by atoms with E-state index in [9.17, 15) is 0 Å². The van der Waals surface area contributed by atoms with Gasteiger partial charge < -0.3 is 10.1 Å². The molecule has 0 radical (unpaired) electrons. The van der Waals surface area contributed by atoms with E-state index >= 15 is 0 Å². The lowest BCUT2D eigenvalue weighted by atomic mass is 10.1. The van der Waals surface area contributed by atoms with Gasteiger partial charge in [-0.1, -0.05) is 27.7 Å². The molecule has 0 saturated carbocycles. The molecule has 2 aliphatic rings. The molecule has 4 atom stereocenters. The average Bonchev–Trinajstić information content (AvgIpc) is 2.74. The van der Waals surface area contributed by atoms with Gasteiger partial charge in [0.15, 0.2) is 0 Å². The van der Waals surface area contributed by atoms with Crippen molar-refractivity contribution in [3.8, 4) is 0 Å². The predicted molar refractivity (Wildman–Crippen MR) is 88.6 cm³/mol. The van der Waals surface area contributed by atoms with E-state index in [-0.39, 0.29) is 0 Å². The summed E-state index contributed by atoms with van der Waals surface area (Å²) in [4.78, 5) is 2.61. The normalized spacial score (nSPS) is 35.9. The molecule has 2 aliphatic heterocycles. The summed E-state index contributed by atoms with van der Waals surface area (Å²) in [6, 6.07) is 0. The van der Waals surface area contributed by atoms with E-state index in [1.807, 2.05) is 0 Å². The van der Waals surface area contributed by atoms with Crippen LogP contribution in [0.2, 0.25) is 0 Å². The zero-order chi connectivity index (χ0) is 14.5. The highest BCUT2D eigenvalue weighted by atomic mass is 32.2. The Hall–Kier alpha value is 0.230. The summed E-state index contributed by atoms with van der Waals surface area (Å²) in [5.74, 6) is 0.723. The number of hydrogen-bond acceptors (Lipinski definition) is 4. The van der Waals surface area contributed by atoms with Gasteiger partial charge in [-0.2, -0.15) is 11.8 Å². The molecule has 3 nitrogen and oxygen atoms in total. The number of hydrogen-bond donors (Lipinski definition) is 1. The van der Waals surface area contributed by atoms with Gasteiger partial charge in [0.25, 0.3) is 0 Å². The summed E-state index contributed by atoms with van der Waals surface area (Å²) in [5, 5.41) is 5.06. The van der Waals surface area contributed by atoms with Crippen LogP contribution in [0.5, 0.6) is 0 Å². The second-order valence-corrected chi connectivity index (χ2v) is 8.87. The van der Waals surface area contributed by atoms with E-state index in [1.54, 1.807) is 0 Å². The molecule has 0 aromatic heterocycles. The highest BCUT2D eigenvalue weighted by Crippen LogP contribution is 2.27. The average molecular weight is 301 g/mol. The summed E-state index contributed by atoms with van der Waals surface area (Å²) >= 11 is 2.12. The van der Waals surface area contributed by atoms with E-state index in [4.69, 9.17) is 4.74 Å². The van der Waals surface area contributed by atoms with Crippen molar-refractivity contribution in [3.05, 3.63) is 0 Å². The fraction of sp³-hybridized carbons (Fsp3) is 1.00. The van der Waals surface area contributed by atoms with Crippen LogP contribution in [0.3, 0.4) is 0 Å². The van der Waals surface area contributed by atoms with Crippen LogP contribution in [0.25, 0.3) is 0 Å². The van der Waals surface area contributed by atoms with Crippen LogP contribution < -0.4 is 5.32 Å². The molecule has 4 unspecified atom stereocenters. The largest absolute Gasteiger partial charge is 0.372 e. The van der Waals surface area contributed by atoms with Crippen LogP contribution >= 0.6 is 11.8 Å². The minimum atomic E-state index is 0.438. The van der Waals surface area contributed by atoms with Crippen LogP contribution in [0.1, 0.15) is 40.5 Å². The monoisotopic (exact) mass is 300 g/mol. The van der Waals surface area contributed by atoms with E-state index in [1.165, 1.54) is 25.9 Å². The fourth-order valence-electron chi connectivity index (χ4n) is 3.32. The van der Waals surface area contributed by atoms with Gasteiger partial charge in [0.05, 0.1) is 12.2 Å². The van der Waals surface area contributed by atoms with Crippen molar-refractivity contribution in [2.45, 2.75) is 63.2 Å². The van der Waals surface area contributed by atoms with Crippen molar-refractivity contribution in [1.29, 1.82) is 0 Å². The fourth-order valence-corrected chi connectivity index (χ4v) is 4.71. The van der Waals surface area contributed by atoms with Crippen LogP contribution in [-0.4, -0.2) is 60.3 Å². The van der Waals surface area contributed by atoms with E-state index in [0.717, 1.165) is 36.1 Å². The Morgan fingerprint density at radius 2 is 1.80 bits per heavy atom. The Kier molecular flexibility index (Phi) is 6.66. The van der Waals surface area contributed by atoms with Crippen molar-refractivity contribution < 1.29 is 4.74 Å². The third-order valence-corrected chi connectivity index (χ3v) is 5.30. The molecule has 118 valence electrons. The smallest absolute Gasteiger partial charge is 0.0707 e. The molecule has 0 amide bonds. The predicted octanol–water partition coefficient (Wildman–Crippen LogP) is 2.61. The second-order valence-electron chi connectivity index (χ2n) is 6.99. The van der Waals surface area contributed by atoms with Gasteiger partial charge in [0, 0.05) is 36.7 Å². The summed E-state index contributed by atoms with van der Waals surface area (Å²) in [7, 11) is 0. The van der Waals surface area contributed by atoms with Crippen LogP contribution in [0.15, 0.2) is 0 Å². The van der Waals surface area contributed by atoms with E-state index in [0.29, 0.717) is 12.2 Å². The number of ether oxygens (including phenoxy) is 1. The molecule has 2 saturated heterocycles. The van der Waals surface area contributed by atoms with Crippen molar-refractivity contribution in [1.82, 2.24) is 10.2 Å². The molecule has 0 spiro atoms. The van der Waals surface area contributed by atoms with Crippen molar-refractivity contribution >= 4 is 11.8 Å². The van der Waals surface area contributed by atoms with Crippen LogP contribution in [0, 0.1) is 5.92 Å². The minimum Gasteiger partial charge on any atom is -0.372 e. The van der Waals surface area contributed by atoms with Gasteiger partial charge in [0.2, 0.25) is 0 Å². The zero-order valence-corrected chi connectivity index (χ0v) is 14.4. The Labute approximate surface area is 129 Å². The molecule has 0 bridgehead atoms. The topological polar surface area (TPSA) is 24.5 Å². The van der Waals surface area contributed by atoms with Gasteiger partial charge in [-0.25, -0.2) is 0 Å². The molecule has 1 N–H and O–H groups in total. The maximum Gasteiger partial charge on any atom is 0.0707 e. The van der Waals surface area contributed by atoms with Crippen LogP contribution in [0.4, 0.5) is 0 Å². The number of nitrogens with zero attached hydrogens (tertiary/aromatic N) is 1. The second kappa shape index (κ2) is 8.02. The van der Waals surface area contributed by atoms with Gasteiger partial charge in [-0.05, 0) is 25.3 Å². The Balaban J connectivity index is 1.65. The molecule has 2 rings (SSSR count). The molecule has 0 aromatic carbocycles. The molecule has 0 aromatic rings. The van der Waals surface area contributed by atoms with Crippen molar-refractivity contribution in [2.24, 2.45) is 5.92 Å². The Morgan fingerprint density at radius 3 is 2.45 bits per heavy atom. The molecule has 4 heteroatoms. The SMILES string of the molecule is CC(C)CNCC1CCC(CN2CC(C)SC(C)C2)O1. The molecule has 2 heterocycles. The van der Waals surface area contributed by atoms with Gasteiger partial charge >= 0.3 is 0 Å². The van der Waals surface area contributed by atoms with E-state index in [2.05, 4.69) is 49.7 Å². The lowest BCUT2D eigenvalue weighted by Crippen LogP contribution is -2.44. The maximum atomic E-state index is 6.21. The lowest BCUT2D eigenvalue weighted by Gasteiger charge is -2.35. The maximum absolute atomic E-state index is 6.21. The van der Waals surface area contributed by atoms with Crippen molar-refractivity contribution in [3.63, 3.8) is 0 Å². The summed E-state index contributed by atoms with van der Waals surface area (Å²) in [6.07, 6.45) is 3.36. The molecule has 2 fully saturated rings. The lowest BCUT2D eigenvalue weighted by molar-refractivity contribution is 0.0229. The molecular formula is C16H32N2OS. The number of nitrogens with one attached hydrogen (secondary N) is 1. The quantitative estimate of drug-likeness (QED) is 0.815. The van der Waals surface area contributed by atoms with Gasteiger partial charge in [-0.15, -0.1) is 0 Å². The van der Waals surface area contributed by atoms with Gasteiger partial charge in [-0.3, -0.25) is 4.90 Å². The van der Waals surface area contributed by atoms with Gasteiger partial charge in [0.1, 0.15) is 0 Å². The third-order valence-electron chi connectivity index (χ3n) is 4.08. The van der Waals surface area contributed by atoms with E-state index < -0.39 is 0 Å². The first-order valence-corrected chi connectivity index (χ1v) is 9.21. The first kappa shape index (κ1) is 16.6.